The Labute approximate surface area is 187 Å². The van der Waals surface area contributed by atoms with E-state index in [0.717, 1.165) is 24.8 Å². The smallest absolute Gasteiger partial charge is 0.320 e. The third-order valence-corrected chi connectivity index (χ3v) is 5.83. The maximum atomic E-state index is 13.2. The van der Waals surface area contributed by atoms with E-state index in [1.54, 1.807) is 24.5 Å². The average Bonchev–Trinajstić information content (AvgIpc) is 2.69. The minimum absolute atomic E-state index is 0.229. The van der Waals surface area contributed by atoms with Crippen LogP contribution in [-0.4, -0.2) is 54.2 Å². The van der Waals surface area contributed by atoms with Crippen molar-refractivity contribution in [1.82, 2.24) is 15.7 Å². The topological polar surface area (TPSA) is 120 Å². The number of hydrogen-bond acceptors (Lipinski definition) is 5. The second-order valence-corrected chi connectivity index (χ2v) is 8.58. The Morgan fingerprint density at radius 3 is 2.48 bits per heavy atom. The van der Waals surface area contributed by atoms with Gasteiger partial charge in [-0.3, -0.25) is 14.8 Å². The minimum atomic E-state index is -0.856. The molecule has 1 aliphatic rings. The molecule has 0 aromatic heterocycles. The number of ether oxygens (including phenoxy) is 1. The fourth-order valence-electron chi connectivity index (χ4n) is 3.37. The molecule has 172 valence electrons. The number of rotatable bonds is 9. The molecule has 0 unspecified atom stereocenters. The van der Waals surface area contributed by atoms with Crippen LogP contribution < -0.4 is 20.9 Å². The molecule has 1 atom stereocenters. The van der Waals surface area contributed by atoms with Crippen LogP contribution >= 0.6 is 11.6 Å². The van der Waals surface area contributed by atoms with Crippen molar-refractivity contribution in [3.8, 4) is 5.75 Å². The van der Waals surface area contributed by atoms with Crippen LogP contribution in [0.3, 0.4) is 0 Å². The van der Waals surface area contributed by atoms with Crippen LogP contribution in [0.2, 0.25) is 5.02 Å². The van der Waals surface area contributed by atoms with Crippen molar-refractivity contribution < 1.29 is 24.3 Å². The van der Waals surface area contributed by atoms with E-state index in [4.69, 9.17) is 21.5 Å². The summed E-state index contributed by atoms with van der Waals surface area (Å²) >= 11 is 6.11. The Hall–Kier alpha value is -2.52. The molecule has 1 saturated carbocycles. The number of nitrogens with zero attached hydrogens (tertiary/aromatic N) is 1. The third-order valence-electron chi connectivity index (χ3n) is 5.42. The molecule has 0 radical (unpaired) electrons. The zero-order valence-corrected chi connectivity index (χ0v) is 19.1. The number of anilines is 1. The van der Waals surface area contributed by atoms with E-state index in [2.05, 4.69) is 10.6 Å². The first-order valence-corrected chi connectivity index (χ1v) is 10.7. The molecule has 1 aliphatic carbocycles. The molecule has 0 saturated heterocycles. The number of halogens is 1. The second-order valence-electron chi connectivity index (χ2n) is 8.17. The lowest BCUT2D eigenvalue weighted by Crippen LogP contribution is -2.55. The number of carbonyl (C=O) groups excluding carboxylic acids is 3. The second kappa shape index (κ2) is 11.2. The highest BCUT2D eigenvalue weighted by Gasteiger charge is 2.32. The van der Waals surface area contributed by atoms with Crippen molar-refractivity contribution >= 4 is 35.1 Å². The summed E-state index contributed by atoms with van der Waals surface area (Å²) in [5, 5.41) is 14.8. The number of amides is 4. The molecule has 4 amide bonds. The first kappa shape index (κ1) is 24.7. The van der Waals surface area contributed by atoms with E-state index < -0.39 is 18.0 Å². The van der Waals surface area contributed by atoms with Crippen LogP contribution in [0.4, 0.5) is 10.5 Å². The zero-order chi connectivity index (χ0) is 23.1. The van der Waals surface area contributed by atoms with Gasteiger partial charge in [0.25, 0.3) is 5.91 Å². The molecule has 0 heterocycles. The van der Waals surface area contributed by atoms with Crippen molar-refractivity contribution in [1.29, 1.82) is 0 Å². The zero-order valence-electron chi connectivity index (χ0n) is 18.3. The number of benzene rings is 1. The van der Waals surface area contributed by atoms with Gasteiger partial charge in [0.05, 0.1) is 12.8 Å². The fraction of sp³-hybridized carbons (Fsp3) is 0.571. The molecule has 1 aromatic rings. The molecular formula is C21H31ClN4O5. The molecule has 9 nitrogen and oxygen atoms in total. The van der Waals surface area contributed by atoms with Crippen molar-refractivity contribution in [2.24, 2.45) is 11.8 Å². The summed E-state index contributed by atoms with van der Waals surface area (Å²) in [5.41, 5.74) is 2.75. The summed E-state index contributed by atoms with van der Waals surface area (Å²) < 4.78 is 5.27. The maximum Gasteiger partial charge on any atom is 0.320 e. The Morgan fingerprint density at radius 1 is 1.29 bits per heavy atom. The average molecular weight is 455 g/mol. The summed E-state index contributed by atoms with van der Waals surface area (Å²) in [6.45, 7) is 5.55. The highest BCUT2D eigenvalue weighted by molar-refractivity contribution is 6.31. The lowest BCUT2D eigenvalue weighted by Gasteiger charge is -2.35. The van der Waals surface area contributed by atoms with Crippen molar-refractivity contribution in [2.45, 2.75) is 46.1 Å². The monoisotopic (exact) mass is 454 g/mol. The molecule has 10 heteroatoms. The van der Waals surface area contributed by atoms with Gasteiger partial charge in [-0.25, -0.2) is 10.3 Å². The first-order chi connectivity index (χ1) is 14.7. The van der Waals surface area contributed by atoms with Gasteiger partial charge in [0.1, 0.15) is 18.3 Å². The van der Waals surface area contributed by atoms with Crippen LogP contribution in [0.15, 0.2) is 12.1 Å². The van der Waals surface area contributed by atoms with E-state index in [9.17, 15) is 14.4 Å². The highest BCUT2D eigenvalue weighted by atomic mass is 35.5. The fourth-order valence-corrected chi connectivity index (χ4v) is 3.52. The highest BCUT2D eigenvalue weighted by Crippen LogP contribution is 2.31. The van der Waals surface area contributed by atoms with Gasteiger partial charge in [-0.2, -0.15) is 0 Å². The minimum Gasteiger partial charge on any atom is -0.495 e. The summed E-state index contributed by atoms with van der Waals surface area (Å²) in [6.07, 6.45) is 3.07. The molecule has 31 heavy (non-hydrogen) atoms. The third kappa shape index (κ3) is 6.73. The Balaban J connectivity index is 2.14. The van der Waals surface area contributed by atoms with Crippen LogP contribution in [-0.2, 0) is 9.59 Å². The van der Waals surface area contributed by atoms with Crippen LogP contribution in [0.25, 0.3) is 0 Å². The molecule has 0 bridgehead atoms. The molecule has 2 rings (SSSR count). The molecular weight excluding hydrogens is 424 g/mol. The van der Waals surface area contributed by atoms with Crippen molar-refractivity contribution in [2.75, 3.05) is 25.5 Å². The number of urea groups is 1. The van der Waals surface area contributed by atoms with Crippen molar-refractivity contribution in [3.63, 3.8) is 0 Å². The van der Waals surface area contributed by atoms with Gasteiger partial charge in [-0.15, -0.1) is 0 Å². The molecule has 0 aliphatic heterocycles. The standard InChI is InChI=1S/C21H31ClN4O5/c1-12(2)19(20(28)26(11-18(27)25-30)10-14-6-5-7-14)24-21(29)23-16-8-13(3)15(22)9-17(16)31-4/h8-9,12,14,19,30H,5-7,10-11H2,1-4H3,(H,25,27)(H2,23,24,29)/t19-/m0/s1. The van der Waals surface area contributed by atoms with Gasteiger partial charge in [-0.05, 0) is 43.2 Å². The molecule has 1 fully saturated rings. The summed E-state index contributed by atoms with van der Waals surface area (Å²) in [7, 11) is 1.47. The van der Waals surface area contributed by atoms with E-state index in [1.165, 1.54) is 12.0 Å². The van der Waals surface area contributed by atoms with Gasteiger partial charge < -0.3 is 20.3 Å². The largest absolute Gasteiger partial charge is 0.495 e. The molecule has 0 spiro atoms. The van der Waals surface area contributed by atoms with E-state index in [-0.39, 0.29) is 18.4 Å². The lowest BCUT2D eigenvalue weighted by molar-refractivity contribution is -0.142. The lowest BCUT2D eigenvalue weighted by atomic mass is 9.85. The van der Waals surface area contributed by atoms with E-state index in [1.807, 2.05) is 13.8 Å². The maximum absolute atomic E-state index is 13.2. The predicted molar refractivity (Wildman–Crippen MR) is 117 cm³/mol. The number of hydrogen-bond donors (Lipinski definition) is 4. The normalized spacial score (nSPS) is 14.4. The van der Waals surface area contributed by atoms with Gasteiger partial charge in [0.2, 0.25) is 5.91 Å². The van der Waals surface area contributed by atoms with Crippen LogP contribution in [0.5, 0.6) is 5.75 Å². The molecule has 1 aromatic carbocycles. The summed E-state index contributed by atoms with van der Waals surface area (Å²) in [4.78, 5) is 39.0. The van der Waals surface area contributed by atoms with Gasteiger partial charge in [0.15, 0.2) is 0 Å². The molecule has 4 N–H and O–H groups in total. The predicted octanol–water partition coefficient (Wildman–Crippen LogP) is 2.94. The van der Waals surface area contributed by atoms with Crippen molar-refractivity contribution in [3.05, 3.63) is 22.7 Å². The van der Waals surface area contributed by atoms with E-state index in [0.29, 0.717) is 28.9 Å². The van der Waals surface area contributed by atoms with E-state index >= 15 is 0 Å². The number of nitrogens with one attached hydrogen (secondary N) is 3. The summed E-state index contributed by atoms with van der Waals surface area (Å²) in [5.74, 6) is -0.572. The number of methoxy groups -OCH3 is 1. The SMILES string of the molecule is COc1cc(Cl)c(C)cc1NC(=O)N[C@H](C(=O)N(CC(=O)NO)CC1CCC1)C(C)C. The Bertz CT molecular complexity index is 813. The quantitative estimate of drug-likeness (QED) is 0.338. The Kier molecular flexibility index (Phi) is 8.94. The van der Waals surface area contributed by atoms with Gasteiger partial charge in [-0.1, -0.05) is 31.9 Å². The van der Waals surface area contributed by atoms with Crippen LogP contribution in [0, 0.1) is 18.8 Å². The van der Waals surface area contributed by atoms with Gasteiger partial charge in [0, 0.05) is 17.6 Å². The summed E-state index contributed by atoms with van der Waals surface area (Å²) in [6, 6.07) is 1.85. The van der Waals surface area contributed by atoms with Gasteiger partial charge >= 0.3 is 6.03 Å². The van der Waals surface area contributed by atoms with Crippen LogP contribution in [0.1, 0.15) is 38.7 Å². The Morgan fingerprint density at radius 2 is 1.97 bits per heavy atom. The number of aryl methyl sites for hydroxylation is 1. The first-order valence-electron chi connectivity index (χ1n) is 10.3. The number of carbonyl (C=O) groups is 3. The number of hydroxylamine groups is 1.